The Morgan fingerprint density at radius 1 is 1.26 bits per heavy atom. The van der Waals surface area contributed by atoms with E-state index in [1.807, 2.05) is 30.3 Å². The predicted molar refractivity (Wildman–Crippen MR) is 100 cm³/mol. The van der Waals surface area contributed by atoms with Crippen LogP contribution in [-0.4, -0.2) is 47.0 Å². The van der Waals surface area contributed by atoms with E-state index < -0.39 is 29.7 Å². The highest BCUT2D eigenvalue weighted by Crippen LogP contribution is 2.20. The number of carbonyl (C=O) groups is 3. The van der Waals surface area contributed by atoms with Crippen LogP contribution in [-0.2, 0) is 20.7 Å². The van der Waals surface area contributed by atoms with Gasteiger partial charge in [-0.25, -0.2) is 10.6 Å². The Morgan fingerprint density at radius 2 is 1.93 bits per heavy atom. The minimum Gasteiger partial charge on any atom is -0.444 e. The van der Waals surface area contributed by atoms with Crippen LogP contribution >= 0.6 is 0 Å². The van der Waals surface area contributed by atoms with Gasteiger partial charge in [-0.1, -0.05) is 30.3 Å². The second-order valence-corrected chi connectivity index (χ2v) is 7.59. The Morgan fingerprint density at radius 3 is 2.52 bits per heavy atom. The van der Waals surface area contributed by atoms with E-state index in [0.29, 0.717) is 25.8 Å². The smallest absolute Gasteiger partial charge is 0.408 e. The third kappa shape index (κ3) is 5.96. The number of nitrogens with zero attached hydrogens (tertiary/aromatic N) is 1. The molecule has 1 heterocycles. The number of nitrogens with two attached hydrogens (primary N) is 1. The molecule has 2 rings (SSSR count). The Bertz CT molecular complexity index is 672. The van der Waals surface area contributed by atoms with Gasteiger partial charge in [0.15, 0.2) is 0 Å². The molecular weight excluding hydrogens is 348 g/mol. The normalized spacial score (nSPS) is 17.9. The summed E-state index contributed by atoms with van der Waals surface area (Å²) in [7, 11) is 0. The fraction of sp³-hybridized carbons (Fsp3) is 0.526. The zero-order valence-electron chi connectivity index (χ0n) is 16.0. The molecule has 148 valence electrons. The van der Waals surface area contributed by atoms with Gasteiger partial charge in [0.2, 0.25) is 5.91 Å². The summed E-state index contributed by atoms with van der Waals surface area (Å²) in [5.41, 5.74) is 2.32. The average Bonchev–Trinajstić information content (AvgIpc) is 3.08. The molecule has 0 aromatic heterocycles. The van der Waals surface area contributed by atoms with Gasteiger partial charge in [-0.05, 0) is 39.2 Å². The highest BCUT2D eigenvalue weighted by atomic mass is 16.6. The number of hydrogen-bond acceptors (Lipinski definition) is 5. The van der Waals surface area contributed by atoms with Crippen molar-refractivity contribution in [3.05, 3.63) is 35.9 Å². The molecule has 0 saturated carbocycles. The largest absolute Gasteiger partial charge is 0.444 e. The minimum absolute atomic E-state index is 0.298. The summed E-state index contributed by atoms with van der Waals surface area (Å²) in [4.78, 5) is 38.8. The fourth-order valence-electron chi connectivity index (χ4n) is 3.10. The molecule has 3 amide bonds. The molecule has 0 aliphatic carbocycles. The summed E-state index contributed by atoms with van der Waals surface area (Å²) in [6, 6.07) is 7.91. The summed E-state index contributed by atoms with van der Waals surface area (Å²) in [5, 5.41) is 2.66. The van der Waals surface area contributed by atoms with Crippen LogP contribution in [0.2, 0.25) is 0 Å². The first-order valence-corrected chi connectivity index (χ1v) is 9.05. The lowest BCUT2D eigenvalue weighted by Gasteiger charge is -2.29. The molecule has 8 nitrogen and oxygen atoms in total. The van der Waals surface area contributed by atoms with E-state index in [9.17, 15) is 14.4 Å². The van der Waals surface area contributed by atoms with E-state index in [4.69, 9.17) is 10.6 Å². The molecule has 2 atom stereocenters. The van der Waals surface area contributed by atoms with E-state index in [2.05, 4.69) is 10.7 Å². The van der Waals surface area contributed by atoms with Gasteiger partial charge in [-0.3, -0.25) is 15.0 Å². The molecule has 1 aromatic carbocycles. The van der Waals surface area contributed by atoms with Crippen molar-refractivity contribution in [3.8, 4) is 0 Å². The van der Waals surface area contributed by atoms with Gasteiger partial charge in [-0.2, -0.15) is 0 Å². The summed E-state index contributed by atoms with van der Waals surface area (Å²) < 4.78 is 5.29. The summed E-state index contributed by atoms with van der Waals surface area (Å²) in [6.07, 6.45) is 0.871. The van der Waals surface area contributed by atoms with Crippen molar-refractivity contribution in [2.45, 2.75) is 57.7 Å². The number of rotatable bonds is 5. The van der Waals surface area contributed by atoms with Crippen molar-refractivity contribution >= 4 is 17.9 Å². The maximum atomic E-state index is 13.1. The zero-order chi connectivity index (χ0) is 20.0. The lowest BCUT2D eigenvalue weighted by atomic mass is 10.0. The number of alkyl carbamates (subject to hydrolysis) is 1. The van der Waals surface area contributed by atoms with Gasteiger partial charge >= 0.3 is 6.09 Å². The van der Waals surface area contributed by atoms with Crippen LogP contribution in [0.3, 0.4) is 0 Å². The predicted octanol–water partition coefficient (Wildman–Crippen LogP) is 1.10. The topological polar surface area (TPSA) is 114 Å². The number of hydrazine groups is 1. The van der Waals surface area contributed by atoms with E-state index in [1.165, 1.54) is 4.90 Å². The molecule has 1 aliphatic heterocycles. The number of hydrogen-bond donors (Lipinski definition) is 3. The fourth-order valence-corrected chi connectivity index (χ4v) is 3.10. The maximum Gasteiger partial charge on any atom is 0.408 e. The molecule has 1 aliphatic rings. The van der Waals surface area contributed by atoms with Gasteiger partial charge in [0.1, 0.15) is 17.7 Å². The van der Waals surface area contributed by atoms with Gasteiger partial charge in [-0.15, -0.1) is 0 Å². The van der Waals surface area contributed by atoms with Crippen LogP contribution in [0.15, 0.2) is 30.3 Å². The Labute approximate surface area is 159 Å². The third-order valence-electron chi connectivity index (χ3n) is 4.25. The molecule has 0 bridgehead atoms. The second kappa shape index (κ2) is 8.85. The van der Waals surface area contributed by atoms with Crippen molar-refractivity contribution in [3.63, 3.8) is 0 Å². The first kappa shape index (κ1) is 20.7. The van der Waals surface area contributed by atoms with E-state index in [0.717, 1.165) is 5.56 Å². The lowest BCUT2D eigenvalue weighted by molar-refractivity contribution is -0.140. The minimum atomic E-state index is -0.839. The Balaban J connectivity index is 2.18. The van der Waals surface area contributed by atoms with Crippen molar-refractivity contribution in [1.82, 2.24) is 15.6 Å². The number of ether oxygens (including phenoxy) is 1. The van der Waals surface area contributed by atoms with Crippen molar-refractivity contribution < 1.29 is 19.1 Å². The van der Waals surface area contributed by atoms with Crippen LogP contribution in [0.1, 0.15) is 39.2 Å². The van der Waals surface area contributed by atoms with Crippen LogP contribution < -0.4 is 16.6 Å². The number of carbonyl (C=O) groups excluding carboxylic acids is 3. The Kier molecular flexibility index (Phi) is 6.79. The van der Waals surface area contributed by atoms with Gasteiger partial charge < -0.3 is 15.0 Å². The maximum absolute atomic E-state index is 13.1. The van der Waals surface area contributed by atoms with Crippen molar-refractivity contribution in [1.29, 1.82) is 0 Å². The van der Waals surface area contributed by atoms with Crippen molar-refractivity contribution in [2.75, 3.05) is 6.54 Å². The molecular formula is C19H28N4O4. The molecule has 4 N–H and O–H groups in total. The second-order valence-electron chi connectivity index (χ2n) is 7.59. The Hall–Kier alpha value is -2.61. The van der Waals surface area contributed by atoms with Crippen LogP contribution in [0.5, 0.6) is 0 Å². The monoisotopic (exact) mass is 376 g/mol. The first-order valence-electron chi connectivity index (χ1n) is 9.05. The molecule has 0 radical (unpaired) electrons. The number of nitrogens with one attached hydrogen (secondary N) is 2. The number of benzene rings is 1. The number of amides is 3. The molecule has 0 unspecified atom stereocenters. The zero-order valence-corrected chi connectivity index (χ0v) is 16.0. The van der Waals surface area contributed by atoms with E-state index in [1.54, 1.807) is 20.8 Å². The average molecular weight is 376 g/mol. The van der Waals surface area contributed by atoms with Gasteiger partial charge in [0, 0.05) is 13.0 Å². The molecule has 1 aromatic rings. The SMILES string of the molecule is CC(C)(C)OC(=O)N[C@H](Cc1ccccc1)C(=O)N1CCC[C@H]1C(=O)NN. The summed E-state index contributed by atoms with van der Waals surface area (Å²) in [5.74, 6) is 4.51. The molecule has 0 spiro atoms. The van der Waals surface area contributed by atoms with Gasteiger partial charge in [0.25, 0.3) is 5.91 Å². The number of likely N-dealkylation sites (tertiary alicyclic amines) is 1. The molecule has 27 heavy (non-hydrogen) atoms. The van der Waals surface area contributed by atoms with Crippen LogP contribution in [0, 0.1) is 0 Å². The molecule has 1 fully saturated rings. The highest BCUT2D eigenvalue weighted by molar-refractivity contribution is 5.91. The molecule has 8 heteroatoms. The van der Waals surface area contributed by atoms with Gasteiger partial charge in [0.05, 0.1) is 0 Å². The summed E-state index contributed by atoms with van der Waals surface area (Å²) >= 11 is 0. The summed E-state index contributed by atoms with van der Waals surface area (Å²) in [6.45, 7) is 5.70. The van der Waals surface area contributed by atoms with E-state index in [-0.39, 0.29) is 5.91 Å². The lowest BCUT2D eigenvalue weighted by Crippen LogP contribution is -2.55. The first-order chi connectivity index (χ1) is 12.7. The van der Waals surface area contributed by atoms with Crippen LogP contribution in [0.25, 0.3) is 0 Å². The quantitative estimate of drug-likeness (QED) is 0.405. The standard InChI is InChI=1S/C19H28N4O4/c1-19(2,3)27-18(26)21-14(12-13-8-5-4-6-9-13)17(25)23-11-7-10-15(23)16(24)22-20/h4-6,8-9,14-15H,7,10-12,20H2,1-3H3,(H,21,26)(H,22,24)/t14-,15+/m1/s1. The van der Waals surface area contributed by atoms with Crippen molar-refractivity contribution in [2.24, 2.45) is 5.84 Å². The molecule has 1 saturated heterocycles. The third-order valence-corrected chi connectivity index (χ3v) is 4.25. The van der Waals surface area contributed by atoms with E-state index >= 15 is 0 Å². The highest BCUT2D eigenvalue weighted by Gasteiger charge is 2.37. The van der Waals surface area contributed by atoms with Crippen LogP contribution in [0.4, 0.5) is 4.79 Å².